The number of hydrogen-bond acceptors (Lipinski definition) is 5. The molecule has 2 fully saturated rings. The maximum atomic E-state index is 13.1. The maximum absolute atomic E-state index is 13.1. The van der Waals surface area contributed by atoms with E-state index in [1.54, 1.807) is 19.1 Å². The molecule has 2 aliphatic rings. The Morgan fingerprint density at radius 1 is 1.20 bits per heavy atom. The van der Waals surface area contributed by atoms with Crippen LogP contribution in [0.15, 0.2) is 29.2 Å². The fourth-order valence-corrected chi connectivity index (χ4v) is 4.88. The third-order valence-corrected chi connectivity index (χ3v) is 6.46. The van der Waals surface area contributed by atoms with Gasteiger partial charge in [0.1, 0.15) is 0 Å². The van der Waals surface area contributed by atoms with Gasteiger partial charge in [-0.05, 0) is 37.1 Å². The zero-order chi connectivity index (χ0) is 17.9. The Morgan fingerprint density at radius 3 is 2.52 bits per heavy atom. The van der Waals surface area contributed by atoms with Crippen molar-refractivity contribution < 1.29 is 22.7 Å². The summed E-state index contributed by atoms with van der Waals surface area (Å²) in [6.07, 6.45) is 2.40. The van der Waals surface area contributed by atoms with Gasteiger partial charge in [-0.15, -0.1) is 0 Å². The fraction of sp³-hybridized carbons (Fsp3) is 0.588. The SMILES string of the molecule is CCC(=O)Nc1ccc(S(=O)(=O)N2CCCCC2C2OCCO2)cc1. The molecule has 2 heterocycles. The van der Waals surface area contributed by atoms with Gasteiger partial charge in [-0.3, -0.25) is 4.79 Å². The zero-order valence-corrected chi connectivity index (χ0v) is 15.1. The summed E-state index contributed by atoms with van der Waals surface area (Å²) < 4.78 is 38.8. The van der Waals surface area contributed by atoms with Gasteiger partial charge in [0.15, 0.2) is 6.29 Å². The van der Waals surface area contributed by atoms with Crippen molar-refractivity contribution in [1.29, 1.82) is 0 Å². The Bertz CT molecular complexity index is 698. The molecular formula is C17H24N2O5S. The first-order chi connectivity index (χ1) is 12.0. The highest BCUT2D eigenvalue weighted by molar-refractivity contribution is 7.89. The molecule has 0 radical (unpaired) electrons. The number of carbonyl (C=O) groups excluding carboxylic acids is 1. The number of nitrogens with one attached hydrogen (secondary N) is 1. The van der Waals surface area contributed by atoms with E-state index in [1.165, 1.54) is 16.4 Å². The van der Waals surface area contributed by atoms with Gasteiger partial charge in [0, 0.05) is 18.7 Å². The van der Waals surface area contributed by atoms with Gasteiger partial charge < -0.3 is 14.8 Å². The monoisotopic (exact) mass is 368 g/mol. The van der Waals surface area contributed by atoms with Crippen molar-refractivity contribution in [2.24, 2.45) is 0 Å². The van der Waals surface area contributed by atoms with Crippen LogP contribution in [0.3, 0.4) is 0 Å². The van der Waals surface area contributed by atoms with E-state index in [0.29, 0.717) is 31.9 Å². The highest BCUT2D eigenvalue weighted by Crippen LogP contribution is 2.30. The molecule has 2 aliphatic heterocycles. The van der Waals surface area contributed by atoms with E-state index < -0.39 is 16.3 Å². The fourth-order valence-electron chi connectivity index (χ4n) is 3.19. The van der Waals surface area contributed by atoms with Crippen LogP contribution >= 0.6 is 0 Å². The number of piperidine rings is 1. The van der Waals surface area contributed by atoms with Gasteiger partial charge in [0.05, 0.1) is 24.2 Å². The molecule has 3 rings (SSSR count). The summed E-state index contributed by atoms with van der Waals surface area (Å²) in [4.78, 5) is 11.6. The van der Waals surface area contributed by atoms with Crippen molar-refractivity contribution in [2.45, 2.75) is 49.8 Å². The van der Waals surface area contributed by atoms with E-state index >= 15 is 0 Å². The summed E-state index contributed by atoms with van der Waals surface area (Å²) in [7, 11) is -3.64. The van der Waals surface area contributed by atoms with E-state index in [2.05, 4.69) is 5.32 Å². The van der Waals surface area contributed by atoms with Crippen LogP contribution in [0.2, 0.25) is 0 Å². The first-order valence-corrected chi connectivity index (χ1v) is 10.1. The lowest BCUT2D eigenvalue weighted by Crippen LogP contribution is -2.50. The molecule has 25 heavy (non-hydrogen) atoms. The van der Waals surface area contributed by atoms with Crippen LogP contribution < -0.4 is 5.32 Å². The molecule has 2 saturated heterocycles. The van der Waals surface area contributed by atoms with Gasteiger partial charge in [-0.25, -0.2) is 8.42 Å². The van der Waals surface area contributed by atoms with Gasteiger partial charge in [-0.1, -0.05) is 13.3 Å². The molecular weight excluding hydrogens is 344 g/mol. The molecule has 0 bridgehead atoms. The normalized spacial score (nSPS) is 22.8. The molecule has 1 amide bonds. The Kier molecular flexibility index (Phi) is 5.73. The number of rotatable bonds is 5. The smallest absolute Gasteiger partial charge is 0.243 e. The van der Waals surface area contributed by atoms with Gasteiger partial charge in [0.2, 0.25) is 15.9 Å². The lowest BCUT2D eigenvalue weighted by atomic mass is 10.0. The Morgan fingerprint density at radius 2 is 1.88 bits per heavy atom. The molecule has 0 aliphatic carbocycles. The summed E-state index contributed by atoms with van der Waals surface area (Å²) in [5, 5.41) is 2.72. The minimum absolute atomic E-state index is 0.109. The van der Waals surface area contributed by atoms with Crippen LogP contribution in [0.1, 0.15) is 32.6 Å². The van der Waals surface area contributed by atoms with Gasteiger partial charge in [-0.2, -0.15) is 4.31 Å². The number of hydrogen-bond donors (Lipinski definition) is 1. The summed E-state index contributed by atoms with van der Waals surface area (Å²) in [5.74, 6) is -0.109. The molecule has 7 nitrogen and oxygen atoms in total. The molecule has 1 N–H and O–H groups in total. The predicted octanol–water partition coefficient (Wildman–Crippen LogP) is 1.95. The summed E-state index contributed by atoms with van der Waals surface area (Å²) in [5.41, 5.74) is 0.587. The number of ether oxygens (including phenoxy) is 2. The topological polar surface area (TPSA) is 84.9 Å². The predicted molar refractivity (Wildman–Crippen MR) is 92.6 cm³/mol. The second-order valence-corrected chi connectivity index (χ2v) is 8.11. The Hall–Kier alpha value is -1.48. The number of sulfonamides is 1. The van der Waals surface area contributed by atoms with Crippen molar-refractivity contribution in [1.82, 2.24) is 4.31 Å². The first kappa shape index (κ1) is 18.3. The Labute approximate surface area is 148 Å². The van der Waals surface area contributed by atoms with Crippen molar-refractivity contribution in [3.8, 4) is 0 Å². The molecule has 1 aromatic rings. The molecule has 138 valence electrons. The summed E-state index contributed by atoms with van der Waals surface area (Å²) >= 11 is 0. The molecule has 0 saturated carbocycles. The van der Waals surface area contributed by atoms with Crippen LogP contribution in [-0.2, 0) is 24.3 Å². The maximum Gasteiger partial charge on any atom is 0.243 e. The standard InChI is InChI=1S/C17H24N2O5S/c1-2-16(20)18-13-6-8-14(9-7-13)25(21,22)19-10-4-3-5-15(19)17-23-11-12-24-17/h6-9,15,17H,2-5,10-12H2,1H3,(H,18,20). The van der Waals surface area contributed by atoms with Crippen LogP contribution in [0.5, 0.6) is 0 Å². The molecule has 1 aromatic carbocycles. The molecule has 1 unspecified atom stereocenters. The number of carbonyl (C=O) groups is 1. The molecule has 8 heteroatoms. The molecule has 0 spiro atoms. The van der Waals surface area contributed by atoms with E-state index in [1.807, 2.05) is 0 Å². The quantitative estimate of drug-likeness (QED) is 0.859. The lowest BCUT2D eigenvalue weighted by molar-refractivity contribution is -0.115. The van der Waals surface area contributed by atoms with Crippen LogP contribution in [0, 0.1) is 0 Å². The van der Waals surface area contributed by atoms with E-state index in [9.17, 15) is 13.2 Å². The number of benzene rings is 1. The summed E-state index contributed by atoms with van der Waals surface area (Å²) in [6.45, 7) is 3.23. The number of nitrogens with zero attached hydrogens (tertiary/aromatic N) is 1. The van der Waals surface area contributed by atoms with Crippen molar-refractivity contribution >= 4 is 21.6 Å². The minimum atomic E-state index is -3.64. The second-order valence-electron chi connectivity index (χ2n) is 6.21. The van der Waals surface area contributed by atoms with Crippen LogP contribution in [0.25, 0.3) is 0 Å². The van der Waals surface area contributed by atoms with Crippen molar-refractivity contribution in [2.75, 3.05) is 25.1 Å². The number of amides is 1. The van der Waals surface area contributed by atoms with Gasteiger partial charge >= 0.3 is 0 Å². The Balaban J connectivity index is 1.80. The van der Waals surface area contributed by atoms with E-state index in [0.717, 1.165) is 19.3 Å². The molecule has 1 atom stereocenters. The summed E-state index contributed by atoms with van der Waals surface area (Å²) in [6, 6.07) is 6.00. The largest absolute Gasteiger partial charge is 0.349 e. The van der Waals surface area contributed by atoms with Gasteiger partial charge in [0.25, 0.3) is 0 Å². The lowest BCUT2D eigenvalue weighted by Gasteiger charge is -2.36. The highest BCUT2D eigenvalue weighted by Gasteiger charge is 2.40. The van der Waals surface area contributed by atoms with Crippen molar-refractivity contribution in [3.63, 3.8) is 0 Å². The van der Waals surface area contributed by atoms with E-state index in [4.69, 9.17) is 9.47 Å². The zero-order valence-electron chi connectivity index (χ0n) is 14.3. The number of anilines is 1. The van der Waals surface area contributed by atoms with Crippen LogP contribution in [-0.4, -0.2) is 50.7 Å². The minimum Gasteiger partial charge on any atom is -0.349 e. The second kappa shape index (κ2) is 7.82. The highest BCUT2D eigenvalue weighted by atomic mass is 32.2. The van der Waals surface area contributed by atoms with Crippen LogP contribution in [0.4, 0.5) is 5.69 Å². The molecule has 0 aromatic heterocycles. The third kappa shape index (κ3) is 4.03. The average molecular weight is 368 g/mol. The van der Waals surface area contributed by atoms with E-state index in [-0.39, 0.29) is 16.8 Å². The first-order valence-electron chi connectivity index (χ1n) is 8.67. The third-order valence-electron chi connectivity index (χ3n) is 4.53. The van der Waals surface area contributed by atoms with Crippen molar-refractivity contribution in [3.05, 3.63) is 24.3 Å². The average Bonchev–Trinajstić information content (AvgIpc) is 3.16.